The van der Waals surface area contributed by atoms with Gasteiger partial charge in [-0.25, -0.2) is 9.18 Å². The van der Waals surface area contributed by atoms with Crippen molar-refractivity contribution in [1.82, 2.24) is 5.32 Å². The molecule has 0 spiro atoms. The minimum atomic E-state index is -4.90. The number of esters is 1. The van der Waals surface area contributed by atoms with Gasteiger partial charge < -0.3 is 10.1 Å². The Morgan fingerprint density at radius 1 is 1.48 bits per heavy atom. The van der Waals surface area contributed by atoms with Gasteiger partial charge in [0.25, 0.3) is 0 Å². The second-order valence-corrected chi connectivity index (χ2v) is 5.91. The normalized spacial score (nSPS) is 24.4. The first-order valence-electron chi connectivity index (χ1n) is 6.63. The molecule has 1 fully saturated rings. The molecule has 9 heteroatoms. The van der Waals surface area contributed by atoms with Crippen LogP contribution in [0.15, 0.2) is 22.7 Å². The van der Waals surface area contributed by atoms with Gasteiger partial charge in [0, 0.05) is 16.5 Å². The Morgan fingerprint density at radius 3 is 2.70 bits per heavy atom. The lowest BCUT2D eigenvalue weighted by Gasteiger charge is -2.34. The minimum Gasteiger partial charge on any atom is -0.464 e. The summed E-state index contributed by atoms with van der Waals surface area (Å²) in [6.07, 6.45) is -5.88. The Hall–Kier alpha value is -1.64. The van der Waals surface area contributed by atoms with Crippen LogP contribution in [0.4, 0.5) is 17.6 Å². The summed E-state index contributed by atoms with van der Waals surface area (Å²) in [5, 5.41) is 2.00. The monoisotopic (exact) mass is 397 g/mol. The average Bonchev–Trinajstić information content (AvgIpc) is 2.80. The Kier molecular flexibility index (Phi) is 4.70. The van der Waals surface area contributed by atoms with E-state index in [-0.39, 0.29) is 11.1 Å². The lowest BCUT2D eigenvalue weighted by atomic mass is 9.78. The van der Waals surface area contributed by atoms with Crippen LogP contribution in [0, 0.1) is 11.7 Å². The smallest absolute Gasteiger partial charge is 0.395 e. The molecule has 0 bridgehead atoms. The van der Waals surface area contributed by atoms with Gasteiger partial charge in [-0.05, 0) is 25.1 Å². The van der Waals surface area contributed by atoms with E-state index in [0.29, 0.717) is 0 Å². The quantitative estimate of drug-likeness (QED) is 0.629. The molecule has 1 amide bonds. The fraction of sp³-hybridized carbons (Fsp3) is 0.429. The molecule has 1 aliphatic heterocycles. The highest BCUT2D eigenvalue weighted by atomic mass is 79.9. The van der Waals surface area contributed by atoms with Crippen LogP contribution in [0.3, 0.4) is 0 Å². The van der Waals surface area contributed by atoms with E-state index in [2.05, 4.69) is 15.9 Å². The van der Waals surface area contributed by atoms with E-state index in [1.165, 1.54) is 13.0 Å². The Balaban J connectivity index is 2.73. The van der Waals surface area contributed by atoms with Crippen LogP contribution < -0.4 is 5.32 Å². The van der Waals surface area contributed by atoms with Crippen LogP contribution in [-0.2, 0) is 19.9 Å². The summed E-state index contributed by atoms with van der Waals surface area (Å²) in [6, 6.07) is 3.23. The standard InChI is InChI=1S/C14H12BrF4NO3/c1-2-23-12(22)13(8-5-7(15)3-4-9(8)16)10(14(17,18)19)6-11(21)20-13/h3-5,10H,2,6H2,1H3,(H,20,21)/t10-,13-/m1/s1. The van der Waals surface area contributed by atoms with Crippen molar-refractivity contribution in [2.45, 2.75) is 25.1 Å². The molecule has 1 aliphatic rings. The zero-order valence-corrected chi connectivity index (χ0v) is 13.4. The fourth-order valence-electron chi connectivity index (χ4n) is 2.66. The van der Waals surface area contributed by atoms with Crippen molar-refractivity contribution in [3.8, 4) is 0 Å². The predicted octanol–water partition coefficient (Wildman–Crippen LogP) is 3.05. The van der Waals surface area contributed by atoms with Gasteiger partial charge in [0.2, 0.25) is 5.91 Å². The van der Waals surface area contributed by atoms with Crippen molar-refractivity contribution in [3.63, 3.8) is 0 Å². The Morgan fingerprint density at radius 2 is 2.13 bits per heavy atom. The molecule has 1 saturated heterocycles. The molecule has 0 aromatic heterocycles. The number of ether oxygens (including phenoxy) is 1. The molecule has 1 aromatic rings. The number of carbonyl (C=O) groups is 2. The number of hydrogen-bond acceptors (Lipinski definition) is 3. The number of amides is 1. The summed E-state index contributed by atoms with van der Waals surface area (Å²) in [6.45, 7) is 1.19. The van der Waals surface area contributed by atoms with E-state index in [9.17, 15) is 27.2 Å². The number of carbonyl (C=O) groups excluding carboxylic acids is 2. The van der Waals surface area contributed by atoms with Crippen LogP contribution in [0.25, 0.3) is 0 Å². The highest BCUT2D eigenvalue weighted by Gasteiger charge is 2.65. The van der Waals surface area contributed by atoms with Gasteiger partial charge in [0.1, 0.15) is 11.7 Å². The van der Waals surface area contributed by atoms with Gasteiger partial charge in [-0.1, -0.05) is 15.9 Å². The molecule has 0 unspecified atom stereocenters. The first-order chi connectivity index (χ1) is 10.6. The molecular weight excluding hydrogens is 386 g/mol. The van der Waals surface area contributed by atoms with Crippen molar-refractivity contribution in [2.75, 3.05) is 6.61 Å². The number of halogens is 5. The van der Waals surface area contributed by atoms with Gasteiger partial charge in [0.15, 0.2) is 5.54 Å². The van der Waals surface area contributed by atoms with Crippen LogP contribution in [0.1, 0.15) is 18.9 Å². The molecule has 0 aliphatic carbocycles. The SMILES string of the molecule is CCOC(=O)[C@]1(c2cc(Br)ccc2F)NC(=O)C[C@H]1C(F)(F)F. The van der Waals surface area contributed by atoms with Crippen molar-refractivity contribution < 1.29 is 31.9 Å². The summed E-state index contributed by atoms with van der Waals surface area (Å²) in [4.78, 5) is 24.0. The van der Waals surface area contributed by atoms with E-state index in [1.807, 2.05) is 5.32 Å². The molecule has 1 heterocycles. The maximum absolute atomic E-state index is 14.2. The summed E-state index contributed by atoms with van der Waals surface area (Å²) in [5.41, 5.74) is -3.22. The Labute approximate surface area is 137 Å². The molecule has 126 valence electrons. The molecule has 4 nitrogen and oxygen atoms in total. The molecule has 1 aromatic carbocycles. The highest BCUT2D eigenvalue weighted by Crippen LogP contribution is 2.48. The van der Waals surface area contributed by atoms with E-state index in [4.69, 9.17) is 4.74 Å². The van der Waals surface area contributed by atoms with Crippen LogP contribution in [0.5, 0.6) is 0 Å². The predicted molar refractivity (Wildman–Crippen MR) is 74.7 cm³/mol. The lowest BCUT2D eigenvalue weighted by Crippen LogP contribution is -2.55. The third-order valence-corrected chi connectivity index (χ3v) is 4.09. The maximum Gasteiger partial charge on any atom is 0.395 e. The van der Waals surface area contributed by atoms with Crippen molar-refractivity contribution >= 4 is 27.8 Å². The van der Waals surface area contributed by atoms with Crippen molar-refractivity contribution in [1.29, 1.82) is 0 Å². The van der Waals surface area contributed by atoms with Gasteiger partial charge in [-0.3, -0.25) is 4.79 Å². The van der Waals surface area contributed by atoms with Crippen molar-refractivity contribution in [3.05, 3.63) is 34.1 Å². The van der Waals surface area contributed by atoms with E-state index >= 15 is 0 Å². The van der Waals surface area contributed by atoms with E-state index in [0.717, 1.165) is 12.1 Å². The molecule has 0 radical (unpaired) electrons. The van der Waals surface area contributed by atoms with Gasteiger partial charge in [-0.15, -0.1) is 0 Å². The zero-order valence-electron chi connectivity index (χ0n) is 11.8. The summed E-state index contributed by atoms with van der Waals surface area (Å²) >= 11 is 3.03. The summed E-state index contributed by atoms with van der Waals surface area (Å²) < 4.78 is 59.4. The topological polar surface area (TPSA) is 55.4 Å². The third kappa shape index (κ3) is 3.06. The first-order valence-corrected chi connectivity index (χ1v) is 7.42. The second-order valence-electron chi connectivity index (χ2n) is 5.00. The second kappa shape index (κ2) is 6.10. The van der Waals surface area contributed by atoms with Gasteiger partial charge in [0.05, 0.1) is 6.61 Å². The summed E-state index contributed by atoms with van der Waals surface area (Å²) in [7, 11) is 0. The fourth-order valence-corrected chi connectivity index (χ4v) is 3.02. The van der Waals surface area contributed by atoms with Gasteiger partial charge in [-0.2, -0.15) is 13.2 Å². The number of hydrogen-bond donors (Lipinski definition) is 1. The largest absolute Gasteiger partial charge is 0.464 e. The number of alkyl halides is 3. The van der Waals surface area contributed by atoms with E-state index in [1.54, 1.807) is 0 Å². The molecule has 2 atom stereocenters. The zero-order chi connectivity index (χ0) is 17.4. The van der Waals surface area contributed by atoms with Gasteiger partial charge >= 0.3 is 12.1 Å². The first kappa shape index (κ1) is 17.7. The van der Waals surface area contributed by atoms with Crippen LogP contribution >= 0.6 is 15.9 Å². The third-order valence-electron chi connectivity index (χ3n) is 3.59. The molecule has 0 saturated carbocycles. The Bertz CT molecular complexity index is 649. The van der Waals surface area contributed by atoms with E-state index < -0.39 is 47.3 Å². The number of nitrogens with one attached hydrogen (secondary N) is 1. The molecule has 23 heavy (non-hydrogen) atoms. The molecular formula is C14H12BrF4NO3. The number of rotatable bonds is 3. The number of benzene rings is 1. The summed E-state index contributed by atoms with van der Waals surface area (Å²) in [5.74, 6) is -5.81. The average molecular weight is 398 g/mol. The maximum atomic E-state index is 14.2. The lowest BCUT2D eigenvalue weighted by molar-refractivity contribution is -0.200. The minimum absolute atomic E-state index is 0.212. The highest BCUT2D eigenvalue weighted by molar-refractivity contribution is 9.10. The van der Waals surface area contributed by atoms with Crippen LogP contribution in [0.2, 0.25) is 0 Å². The molecule has 2 rings (SSSR count). The van der Waals surface area contributed by atoms with Crippen LogP contribution in [-0.4, -0.2) is 24.7 Å². The molecule has 1 N–H and O–H groups in total. The van der Waals surface area contributed by atoms with Crippen molar-refractivity contribution in [2.24, 2.45) is 5.92 Å².